The number of amides is 2. The quantitative estimate of drug-likeness (QED) is 0.0980. The van der Waals surface area contributed by atoms with Crippen LogP contribution in [0.2, 0.25) is 0 Å². The second kappa shape index (κ2) is 13.0. The number of rotatable bonds is 11. The molecule has 4 rings (SSSR count). The number of imide groups is 1. The predicted molar refractivity (Wildman–Crippen MR) is 157 cm³/mol. The fraction of sp³-hybridized carbons (Fsp3) is 0.214. The normalized spacial score (nSPS) is 14.1. The highest BCUT2D eigenvalue weighted by atomic mass is 127. The van der Waals surface area contributed by atoms with Crippen LogP contribution in [0.5, 0.6) is 17.2 Å². The maximum absolute atomic E-state index is 13.0. The summed E-state index contributed by atoms with van der Waals surface area (Å²) in [5.74, 6) is 1.32. The first-order chi connectivity index (χ1) is 18.7. The van der Waals surface area contributed by atoms with Crippen molar-refractivity contribution in [1.29, 1.82) is 0 Å². The van der Waals surface area contributed by atoms with E-state index in [-0.39, 0.29) is 36.6 Å². The van der Waals surface area contributed by atoms with Crippen molar-refractivity contribution in [2.24, 2.45) is 0 Å². The summed E-state index contributed by atoms with van der Waals surface area (Å²) in [6, 6.07) is 17.3. The number of hydrogen-bond donors (Lipinski definition) is 0. The molecule has 11 heteroatoms. The second-order valence-electron chi connectivity index (χ2n) is 8.47. The van der Waals surface area contributed by atoms with E-state index in [1.54, 1.807) is 24.3 Å². The summed E-state index contributed by atoms with van der Waals surface area (Å²) in [6.07, 6.45) is 1.66. The van der Waals surface area contributed by atoms with Crippen molar-refractivity contribution in [3.8, 4) is 17.2 Å². The number of halogens is 1. The molecule has 0 saturated carbocycles. The Balaban J connectivity index is 1.44. The van der Waals surface area contributed by atoms with Crippen LogP contribution in [0.15, 0.2) is 65.6 Å². The topological polar surface area (TPSA) is 108 Å². The van der Waals surface area contributed by atoms with Crippen molar-refractivity contribution < 1.29 is 28.7 Å². The van der Waals surface area contributed by atoms with E-state index in [2.05, 4.69) is 22.6 Å². The molecule has 0 N–H and O–H groups in total. The van der Waals surface area contributed by atoms with Crippen LogP contribution in [-0.2, 0) is 11.4 Å². The highest BCUT2D eigenvalue weighted by molar-refractivity contribution is 14.1. The average molecular weight is 660 g/mol. The third-order valence-electron chi connectivity index (χ3n) is 5.64. The Morgan fingerprint density at radius 3 is 2.41 bits per heavy atom. The molecule has 2 amide bonds. The number of hydrogen-bond acceptors (Lipinski definition) is 8. The van der Waals surface area contributed by atoms with E-state index in [9.17, 15) is 19.7 Å². The predicted octanol–water partition coefficient (Wildman–Crippen LogP) is 6.60. The lowest BCUT2D eigenvalue weighted by Gasteiger charge is -2.15. The van der Waals surface area contributed by atoms with Crippen molar-refractivity contribution in [2.45, 2.75) is 20.5 Å². The third kappa shape index (κ3) is 7.30. The standard InChI is InChI=1S/C28H25IN2O7S/c1-3-36-24-15-20(14-23(29)26(24)38-17-19-6-8-21(9-7-19)31(34)35)16-25-27(32)30(28(33)39-25)12-13-37-22-10-4-18(2)5-11-22/h4-11,14-16H,3,12-13,17H2,1-2H3/b25-16-. The third-order valence-corrected chi connectivity index (χ3v) is 7.35. The van der Waals surface area contributed by atoms with Gasteiger partial charge in [-0.3, -0.25) is 24.6 Å². The Morgan fingerprint density at radius 2 is 1.74 bits per heavy atom. The number of carbonyl (C=O) groups excluding carboxylic acids is 2. The van der Waals surface area contributed by atoms with Crippen LogP contribution in [0.3, 0.4) is 0 Å². The van der Waals surface area contributed by atoms with Gasteiger partial charge in [0.2, 0.25) is 0 Å². The van der Waals surface area contributed by atoms with Gasteiger partial charge in [-0.25, -0.2) is 0 Å². The van der Waals surface area contributed by atoms with Crippen molar-refractivity contribution in [3.63, 3.8) is 0 Å². The molecule has 9 nitrogen and oxygen atoms in total. The summed E-state index contributed by atoms with van der Waals surface area (Å²) in [7, 11) is 0. The van der Waals surface area contributed by atoms with E-state index in [1.165, 1.54) is 17.0 Å². The zero-order valence-corrected chi connectivity index (χ0v) is 24.2. The Labute approximate surface area is 243 Å². The fourth-order valence-corrected chi connectivity index (χ4v) is 5.32. The molecule has 0 spiro atoms. The van der Waals surface area contributed by atoms with Gasteiger partial charge in [-0.1, -0.05) is 17.7 Å². The van der Waals surface area contributed by atoms with Gasteiger partial charge in [-0.15, -0.1) is 0 Å². The van der Waals surface area contributed by atoms with Gasteiger partial charge in [0.05, 0.1) is 26.6 Å². The smallest absolute Gasteiger partial charge is 0.293 e. The average Bonchev–Trinajstić information content (AvgIpc) is 3.17. The maximum atomic E-state index is 13.0. The molecule has 202 valence electrons. The Kier molecular flexibility index (Phi) is 9.46. The molecule has 39 heavy (non-hydrogen) atoms. The van der Waals surface area contributed by atoms with Crippen molar-refractivity contribution in [2.75, 3.05) is 19.8 Å². The molecule has 0 aromatic heterocycles. The second-order valence-corrected chi connectivity index (χ2v) is 10.6. The molecule has 0 radical (unpaired) electrons. The molecular formula is C28H25IN2O7S. The van der Waals surface area contributed by atoms with E-state index in [0.717, 1.165) is 26.5 Å². The molecule has 3 aromatic rings. The van der Waals surface area contributed by atoms with Crippen LogP contribution in [0, 0.1) is 20.6 Å². The number of thioether (sulfide) groups is 1. The van der Waals surface area contributed by atoms with Gasteiger partial charge in [0.1, 0.15) is 19.0 Å². The Bertz CT molecular complexity index is 1410. The number of nitro groups is 1. The minimum atomic E-state index is -0.451. The Morgan fingerprint density at radius 1 is 1.03 bits per heavy atom. The molecule has 0 bridgehead atoms. The van der Waals surface area contributed by atoms with Crippen LogP contribution >= 0.6 is 34.4 Å². The number of carbonyl (C=O) groups is 2. The summed E-state index contributed by atoms with van der Waals surface area (Å²) >= 11 is 3.01. The summed E-state index contributed by atoms with van der Waals surface area (Å²) in [6.45, 7) is 4.76. The van der Waals surface area contributed by atoms with E-state index >= 15 is 0 Å². The molecular weight excluding hydrogens is 635 g/mol. The molecule has 0 aliphatic carbocycles. The molecule has 0 atom stereocenters. The molecule has 1 aliphatic rings. The zero-order chi connectivity index (χ0) is 27.9. The van der Waals surface area contributed by atoms with Gasteiger partial charge >= 0.3 is 0 Å². The zero-order valence-electron chi connectivity index (χ0n) is 21.2. The largest absolute Gasteiger partial charge is 0.492 e. The monoisotopic (exact) mass is 660 g/mol. The molecule has 1 fully saturated rings. The van der Waals surface area contributed by atoms with Crippen molar-refractivity contribution >= 4 is 57.3 Å². The SMILES string of the molecule is CCOc1cc(/C=C2\SC(=O)N(CCOc3ccc(C)cc3)C2=O)cc(I)c1OCc1ccc([N+](=O)[O-])cc1. The lowest BCUT2D eigenvalue weighted by Crippen LogP contribution is -2.32. The molecule has 1 aliphatic heterocycles. The van der Waals surface area contributed by atoms with E-state index in [4.69, 9.17) is 14.2 Å². The molecule has 3 aromatic carbocycles. The number of nitrogens with zero attached hydrogens (tertiary/aromatic N) is 2. The number of non-ortho nitro benzene ring substituents is 1. The number of aryl methyl sites for hydroxylation is 1. The summed E-state index contributed by atoms with van der Waals surface area (Å²) in [5.41, 5.74) is 2.58. The molecule has 1 heterocycles. The lowest BCUT2D eigenvalue weighted by atomic mass is 10.1. The van der Waals surface area contributed by atoms with Crippen LogP contribution in [0.4, 0.5) is 10.5 Å². The first-order valence-corrected chi connectivity index (χ1v) is 13.9. The van der Waals surface area contributed by atoms with E-state index in [1.807, 2.05) is 44.2 Å². The van der Waals surface area contributed by atoms with Crippen LogP contribution in [-0.4, -0.2) is 40.7 Å². The van der Waals surface area contributed by atoms with Gasteiger partial charge in [0, 0.05) is 12.1 Å². The summed E-state index contributed by atoms with van der Waals surface area (Å²) in [4.78, 5) is 37.4. The van der Waals surface area contributed by atoms with Crippen LogP contribution in [0.25, 0.3) is 6.08 Å². The fourth-order valence-electron chi connectivity index (χ4n) is 3.68. The number of benzene rings is 3. The minimum Gasteiger partial charge on any atom is -0.492 e. The highest BCUT2D eigenvalue weighted by Crippen LogP contribution is 2.38. The van der Waals surface area contributed by atoms with Crippen molar-refractivity contribution in [3.05, 3.63) is 95.9 Å². The van der Waals surface area contributed by atoms with Crippen molar-refractivity contribution in [1.82, 2.24) is 4.90 Å². The van der Waals surface area contributed by atoms with E-state index < -0.39 is 4.92 Å². The first-order valence-electron chi connectivity index (χ1n) is 12.0. The van der Waals surface area contributed by atoms with Crippen LogP contribution in [0.1, 0.15) is 23.6 Å². The Hall–Kier alpha value is -3.58. The number of ether oxygens (including phenoxy) is 3. The highest BCUT2D eigenvalue weighted by Gasteiger charge is 2.35. The molecule has 0 unspecified atom stereocenters. The van der Waals surface area contributed by atoms with E-state index in [0.29, 0.717) is 34.3 Å². The van der Waals surface area contributed by atoms with Gasteiger partial charge in [-0.05, 0) is 102 Å². The van der Waals surface area contributed by atoms with Gasteiger partial charge in [0.25, 0.3) is 16.8 Å². The summed E-state index contributed by atoms with van der Waals surface area (Å²) in [5, 5.41) is 10.5. The summed E-state index contributed by atoms with van der Waals surface area (Å²) < 4.78 is 18.2. The number of nitro benzene ring substituents is 1. The van der Waals surface area contributed by atoms with Crippen LogP contribution < -0.4 is 14.2 Å². The van der Waals surface area contributed by atoms with Gasteiger partial charge < -0.3 is 14.2 Å². The maximum Gasteiger partial charge on any atom is 0.293 e. The minimum absolute atomic E-state index is 0.0101. The van der Waals surface area contributed by atoms with Gasteiger partial charge in [-0.2, -0.15) is 0 Å². The first kappa shape index (κ1) is 28.4. The molecule has 1 saturated heterocycles. The lowest BCUT2D eigenvalue weighted by molar-refractivity contribution is -0.384. The van der Waals surface area contributed by atoms with Gasteiger partial charge in [0.15, 0.2) is 11.5 Å².